The summed E-state index contributed by atoms with van der Waals surface area (Å²) in [6.45, 7) is 4.01. The molecule has 0 saturated carbocycles. The highest BCUT2D eigenvalue weighted by atomic mass is 35.5. The van der Waals surface area contributed by atoms with E-state index in [0.29, 0.717) is 10.7 Å². The van der Waals surface area contributed by atoms with Gasteiger partial charge in [0.2, 0.25) is 0 Å². The van der Waals surface area contributed by atoms with E-state index in [9.17, 15) is 9.90 Å². The van der Waals surface area contributed by atoms with E-state index in [-0.39, 0.29) is 18.4 Å². The number of aromatic nitrogens is 1. The Bertz CT molecular complexity index is 352. The van der Waals surface area contributed by atoms with E-state index < -0.39 is 6.10 Å². The van der Waals surface area contributed by atoms with Crippen LogP contribution in [0.25, 0.3) is 0 Å². The van der Waals surface area contributed by atoms with E-state index in [2.05, 4.69) is 10.3 Å². The number of nitrogens with zero attached hydrogens (tertiary/aromatic N) is 1. The van der Waals surface area contributed by atoms with Gasteiger partial charge in [0.1, 0.15) is 5.15 Å². The van der Waals surface area contributed by atoms with Crippen molar-refractivity contribution < 1.29 is 9.90 Å². The van der Waals surface area contributed by atoms with Crippen LogP contribution in [-0.4, -0.2) is 28.6 Å². The van der Waals surface area contributed by atoms with Gasteiger partial charge < -0.3 is 10.4 Å². The summed E-state index contributed by atoms with van der Waals surface area (Å²) in [7, 11) is 0. The molecule has 1 rings (SSSR count). The molecule has 88 valence electrons. The maximum atomic E-state index is 11.6. The van der Waals surface area contributed by atoms with Crippen molar-refractivity contribution in [3.8, 4) is 0 Å². The van der Waals surface area contributed by atoms with E-state index in [0.717, 1.165) is 0 Å². The van der Waals surface area contributed by atoms with Gasteiger partial charge in [-0.15, -0.1) is 0 Å². The number of halogens is 1. The molecular weight excluding hydrogens is 228 g/mol. The zero-order valence-electron chi connectivity index (χ0n) is 9.27. The Kier molecular flexibility index (Phi) is 4.71. The second-order valence-electron chi connectivity index (χ2n) is 3.89. The molecule has 1 unspecified atom stereocenters. The molecule has 5 heteroatoms. The quantitative estimate of drug-likeness (QED) is 0.787. The van der Waals surface area contributed by atoms with Gasteiger partial charge in [-0.2, -0.15) is 0 Å². The minimum absolute atomic E-state index is 0.114. The molecule has 1 aromatic rings. The molecule has 1 atom stereocenters. The van der Waals surface area contributed by atoms with Gasteiger partial charge >= 0.3 is 0 Å². The number of aliphatic hydroxyl groups is 1. The highest BCUT2D eigenvalue weighted by Crippen LogP contribution is 2.05. The second-order valence-corrected chi connectivity index (χ2v) is 4.28. The first-order valence-electron chi connectivity index (χ1n) is 5.08. The molecule has 1 aromatic heterocycles. The Morgan fingerprint density at radius 2 is 2.25 bits per heavy atom. The van der Waals surface area contributed by atoms with Crippen LogP contribution >= 0.6 is 11.6 Å². The molecule has 0 radical (unpaired) electrons. The molecule has 1 amide bonds. The molecular formula is C11H15ClN2O2. The highest BCUT2D eigenvalue weighted by molar-refractivity contribution is 6.29. The normalized spacial score (nSPS) is 12.6. The number of aliphatic hydroxyl groups excluding tert-OH is 1. The summed E-state index contributed by atoms with van der Waals surface area (Å²) in [5.41, 5.74) is 0.431. The van der Waals surface area contributed by atoms with Gasteiger partial charge in [0.25, 0.3) is 5.91 Å². The van der Waals surface area contributed by atoms with Crippen LogP contribution < -0.4 is 5.32 Å². The first-order valence-corrected chi connectivity index (χ1v) is 5.46. The molecule has 0 fully saturated rings. The van der Waals surface area contributed by atoms with Crippen molar-refractivity contribution in [2.24, 2.45) is 5.92 Å². The van der Waals surface area contributed by atoms with Gasteiger partial charge in [0.05, 0.1) is 11.7 Å². The van der Waals surface area contributed by atoms with Crippen molar-refractivity contribution in [1.82, 2.24) is 10.3 Å². The molecule has 0 aliphatic heterocycles. The summed E-state index contributed by atoms with van der Waals surface area (Å²) in [4.78, 5) is 15.4. The molecule has 1 heterocycles. The standard InChI is InChI=1S/C11H15ClN2O2/c1-7(2)9(15)6-14-11(16)8-3-4-10(12)13-5-8/h3-5,7,9,15H,6H2,1-2H3,(H,14,16). The predicted molar refractivity (Wildman–Crippen MR) is 62.4 cm³/mol. The first kappa shape index (κ1) is 12.9. The topological polar surface area (TPSA) is 62.2 Å². The van der Waals surface area contributed by atoms with Crippen LogP contribution in [-0.2, 0) is 0 Å². The van der Waals surface area contributed by atoms with Gasteiger partial charge in [-0.25, -0.2) is 4.98 Å². The Balaban J connectivity index is 2.50. The maximum Gasteiger partial charge on any atom is 0.252 e. The van der Waals surface area contributed by atoms with E-state index >= 15 is 0 Å². The van der Waals surface area contributed by atoms with Crippen molar-refractivity contribution in [3.05, 3.63) is 29.0 Å². The maximum absolute atomic E-state index is 11.6. The van der Waals surface area contributed by atoms with Gasteiger partial charge in [0, 0.05) is 12.7 Å². The fraction of sp³-hybridized carbons (Fsp3) is 0.455. The number of hydrogen-bond acceptors (Lipinski definition) is 3. The zero-order chi connectivity index (χ0) is 12.1. The smallest absolute Gasteiger partial charge is 0.252 e. The highest BCUT2D eigenvalue weighted by Gasteiger charge is 2.11. The van der Waals surface area contributed by atoms with E-state index in [1.165, 1.54) is 6.20 Å². The molecule has 16 heavy (non-hydrogen) atoms. The zero-order valence-corrected chi connectivity index (χ0v) is 10.0. The van der Waals surface area contributed by atoms with Gasteiger partial charge in [-0.05, 0) is 18.1 Å². The molecule has 0 spiro atoms. The lowest BCUT2D eigenvalue weighted by Gasteiger charge is -2.14. The van der Waals surface area contributed by atoms with Gasteiger partial charge in [-0.3, -0.25) is 4.79 Å². The molecule has 0 saturated heterocycles. The Morgan fingerprint density at radius 1 is 1.56 bits per heavy atom. The van der Waals surface area contributed by atoms with Crippen LogP contribution in [0.2, 0.25) is 5.15 Å². The van der Waals surface area contributed by atoms with Crippen LogP contribution in [0, 0.1) is 5.92 Å². The average molecular weight is 243 g/mol. The lowest BCUT2D eigenvalue weighted by Crippen LogP contribution is -2.34. The van der Waals surface area contributed by atoms with E-state index in [1.54, 1.807) is 12.1 Å². The van der Waals surface area contributed by atoms with Gasteiger partial charge in [-0.1, -0.05) is 25.4 Å². The number of carbonyl (C=O) groups is 1. The predicted octanol–water partition coefficient (Wildman–Crippen LogP) is 1.48. The summed E-state index contributed by atoms with van der Waals surface area (Å²) < 4.78 is 0. The second kappa shape index (κ2) is 5.82. The molecule has 0 aliphatic carbocycles. The van der Waals surface area contributed by atoms with Crippen molar-refractivity contribution in [2.75, 3.05) is 6.54 Å². The Morgan fingerprint density at radius 3 is 2.75 bits per heavy atom. The number of rotatable bonds is 4. The van der Waals surface area contributed by atoms with Gasteiger partial charge in [0.15, 0.2) is 0 Å². The molecule has 2 N–H and O–H groups in total. The van der Waals surface area contributed by atoms with Crippen LogP contribution in [0.5, 0.6) is 0 Å². The first-order chi connectivity index (χ1) is 7.50. The third kappa shape index (κ3) is 3.79. The summed E-state index contributed by atoms with van der Waals surface area (Å²) in [6.07, 6.45) is 0.864. The SMILES string of the molecule is CC(C)C(O)CNC(=O)c1ccc(Cl)nc1. The third-order valence-corrected chi connectivity index (χ3v) is 2.45. The fourth-order valence-electron chi connectivity index (χ4n) is 1.05. The molecule has 0 bridgehead atoms. The lowest BCUT2D eigenvalue weighted by atomic mass is 10.1. The van der Waals surface area contributed by atoms with Crippen molar-refractivity contribution in [2.45, 2.75) is 20.0 Å². The van der Waals surface area contributed by atoms with Crippen molar-refractivity contribution in [1.29, 1.82) is 0 Å². The number of hydrogen-bond donors (Lipinski definition) is 2. The number of pyridine rings is 1. The van der Waals surface area contributed by atoms with E-state index in [1.807, 2.05) is 13.8 Å². The third-order valence-electron chi connectivity index (χ3n) is 2.23. The van der Waals surface area contributed by atoms with Crippen molar-refractivity contribution in [3.63, 3.8) is 0 Å². The summed E-state index contributed by atoms with van der Waals surface area (Å²) >= 11 is 5.60. The summed E-state index contributed by atoms with van der Waals surface area (Å²) in [6, 6.07) is 3.14. The lowest BCUT2D eigenvalue weighted by molar-refractivity contribution is 0.0871. The molecule has 0 aliphatic rings. The number of amides is 1. The van der Waals surface area contributed by atoms with E-state index in [4.69, 9.17) is 11.6 Å². The van der Waals surface area contributed by atoms with Crippen LogP contribution in [0.3, 0.4) is 0 Å². The average Bonchev–Trinajstić information content (AvgIpc) is 2.26. The van der Waals surface area contributed by atoms with Crippen LogP contribution in [0.4, 0.5) is 0 Å². The molecule has 0 aromatic carbocycles. The monoisotopic (exact) mass is 242 g/mol. The minimum atomic E-state index is -0.538. The summed E-state index contributed by atoms with van der Waals surface area (Å²) in [5.74, 6) is -0.146. The molecule has 4 nitrogen and oxygen atoms in total. The Labute approximate surface area is 99.6 Å². The summed E-state index contributed by atoms with van der Waals surface area (Å²) in [5, 5.41) is 12.5. The Hall–Kier alpha value is -1.13. The van der Waals surface area contributed by atoms with Crippen LogP contribution in [0.15, 0.2) is 18.3 Å². The minimum Gasteiger partial charge on any atom is -0.391 e. The largest absolute Gasteiger partial charge is 0.391 e. The number of carbonyl (C=O) groups excluding carboxylic acids is 1. The van der Waals surface area contributed by atoms with Crippen molar-refractivity contribution >= 4 is 17.5 Å². The van der Waals surface area contributed by atoms with Crippen LogP contribution in [0.1, 0.15) is 24.2 Å². The number of nitrogens with one attached hydrogen (secondary N) is 1. The fourth-order valence-corrected chi connectivity index (χ4v) is 1.16.